The predicted octanol–water partition coefficient (Wildman–Crippen LogP) is 5.69. The van der Waals surface area contributed by atoms with Crippen LogP contribution in [-0.4, -0.2) is 82.9 Å². The van der Waals surface area contributed by atoms with Crippen molar-refractivity contribution in [1.82, 2.24) is 19.4 Å². The van der Waals surface area contributed by atoms with Crippen LogP contribution in [0.25, 0.3) is 11.1 Å². The fraction of sp³-hybridized carbons (Fsp3) is 0.325. The molecule has 14 heteroatoms. The number of nitrogens with zero attached hydrogens (tertiary/aromatic N) is 4. The number of ether oxygens (including phenoxy) is 3. The van der Waals surface area contributed by atoms with Crippen LogP contribution < -0.4 is 25.4 Å². The number of aryl methyl sites for hydroxylation is 2. The predicted molar refractivity (Wildman–Crippen MR) is 206 cm³/mol. The number of nitrogens with one attached hydrogen (secondary N) is 3. The van der Waals surface area contributed by atoms with Crippen LogP contribution in [0.1, 0.15) is 64.4 Å². The first-order valence-electron chi connectivity index (χ1n) is 17.8. The third kappa shape index (κ3) is 8.72. The van der Waals surface area contributed by atoms with Crippen molar-refractivity contribution in [2.45, 2.75) is 45.2 Å². The molecule has 2 aliphatic heterocycles. The molecule has 4 aromatic rings. The van der Waals surface area contributed by atoms with Crippen LogP contribution in [0.3, 0.4) is 0 Å². The van der Waals surface area contributed by atoms with Crippen molar-refractivity contribution in [3.05, 3.63) is 90.2 Å². The minimum atomic E-state index is -0.391. The third-order valence-corrected chi connectivity index (χ3v) is 9.04. The van der Waals surface area contributed by atoms with Gasteiger partial charge in [-0.3, -0.25) is 19.4 Å². The number of amides is 3. The average molecular weight is 736 g/mol. The van der Waals surface area contributed by atoms with E-state index >= 15 is 0 Å². The van der Waals surface area contributed by atoms with Gasteiger partial charge in [0.1, 0.15) is 18.0 Å². The van der Waals surface area contributed by atoms with Crippen LogP contribution in [0.4, 0.5) is 17.1 Å². The van der Waals surface area contributed by atoms with E-state index in [9.17, 15) is 19.2 Å². The van der Waals surface area contributed by atoms with E-state index in [4.69, 9.17) is 14.2 Å². The van der Waals surface area contributed by atoms with Gasteiger partial charge in [-0.05, 0) is 48.7 Å². The van der Waals surface area contributed by atoms with Gasteiger partial charge in [0.15, 0.2) is 11.5 Å². The number of aromatic nitrogens is 2. The van der Waals surface area contributed by atoms with E-state index in [-0.39, 0.29) is 43.4 Å². The molecule has 2 aromatic carbocycles. The quantitative estimate of drug-likeness (QED) is 0.104. The summed E-state index contributed by atoms with van der Waals surface area (Å²) in [5.41, 5.74) is 4.54. The second kappa shape index (κ2) is 16.7. The molecule has 282 valence electrons. The molecule has 3 N–H and O–H groups in total. The second-order valence-electron chi connectivity index (χ2n) is 13.4. The average Bonchev–Trinajstić information content (AvgIpc) is 3.87. The van der Waals surface area contributed by atoms with Crippen LogP contribution >= 0.6 is 0 Å². The van der Waals surface area contributed by atoms with Crippen molar-refractivity contribution in [1.29, 1.82) is 0 Å². The minimum Gasteiger partial charge on any atom is -0.493 e. The van der Waals surface area contributed by atoms with E-state index in [0.717, 1.165) is 17.5 Å². The van der Waals surface area contributed by atoms with Crippen LogP contribution in [-0.2, 0) is 23.6 Å². The Bertz CT molecular complexity index is 2100. The molecule has 0 aliphatic carbocycles. The summed E-state index contributed by atoms with van der Waals surface area (Å²) in [5.74, 6) is -0.269. The summed E-state index contributed by atoms with van der Waals surface area (Å²) in [7, 11) is 5.03. The van der Waals surface area contributed by atoms with E-state index in [1.165, 1.54) is 7.11 Å². The summed E-state index contributed by atoms with van der Waals surface area (Å²) >= 11 is 0. The summed E-state index contributed by atoms with van der Waals surface area (Å²) < 4.78 is 20.2. The lowest BCUT2D eigenvalue weighted by Crippen LogP contribution is -2.32. The highest BCUT2D eigenvalue weighted by molar-refractivity contribution is 6.05. The highest BCUT2D eigenvalue weighted by Crippen LogP contribution is 2.38. The van der Waals surface area contributed by atoms with Gasteiger partial charge in [-0.2, -0.15) is 0 Å². The maximum Gasteiger partial charge on any atom is 0.355 e. The van der Waals surface area contributed by atoms with Crippen LogP contribution in [0.5, 0.6) is 11.5 Å². The molecule has 0 radical (unpaired) electrons. The summed E-state index contributed by atoms with van der Waals surface area (Å²) in [6.45, 7) is 5.15. The maximum atomic E-state index is 13.2. The molecular formula is C40H45N7O7. The second-order valence-corrected chi connectivity index (χ2v) is 13.4. The Kier molecular flexibility index (Phi) is 11.6. The molecule has 2 aliphatic rings. The van der Waals surface area contributed by atoms with Crippen LogP contribution in [0, 0.1) is 0 Å². The minimum absolute atomic E-state index is 0.106. The smallest absolute Gasteiger partial charge is 0.355 e. The van der Waals surface area contributed by atoms with Gasteiger partial charge in [0.05, 0.1) is 36.7 Å². The molecule has 1 atom stereocenters. The van der Waals surface area contributed by atoms with E-state index in [1.54, 1.807) is 83.1 Å². The number of carbonyl (C=O) groups excluding carboxylic acids is 4. The van der Waals surface area contributed by atoms with Crippen molar-refractivity contribution >= 4 is 47.0 Å². The zero-order valence-corrected chi connectivity index (χ0v) is 31.0. The first kappa shape index (κ1) is 37.6. The summed E-state index contributed by atoms with van der Waals surface area (Å²) in [5, 5.41) is 8.97. The highest BCUT2D eigenvalue weighted by atomic mass is 16.5. The number of anilines is 2. The van der Waals surface area contributed by atoms with Gasteiger partial charge in [-0.15, -0.1) is 0 Å². The number of fused-ring (bicyclic) bond motifs is 2. The topological polar surface area (TPSA) is 158 Å². The maximum absolute atomic E-state index is 13.2. The molecule has 4 heterocycles. The number of esters is 1. The molecular weight excluding hydrogens is 690 g/mol. The fourth-order valence-corrected chi connectivity index (χ4v) is 6.22. The first-order valence-corrected chi connectivity index (χ1v) is 17.8. The van der Waals surface area contributed by atoms with Gasteiger partial charge < -0.3 is 44.2 Å². The molecule has 0 saturated carbocycles. The molecule has 54 heavy (non-hydrogen) atoms. The van der Waals surface area contributed by atoms with Crippen LogP contribution in [0.15, 0.2) is 78.2 Å². The molecule has 2 aromatic heterocycles. The number of methoxy groups -OCH3 is 1. The molecule has 0 saturated heterocycles. The van der Waals surface area contributed by atoms with Gasteiger partial charge in [0.2, 0.25) is 5.91 Å². The molecule has 3 amide bonds. The number of hydrogen-bond donors (Lipinski definition) is 3. The van der Waals surface area contributed by atoms with E-state index in [1.807, 2.05) is 38.3 Å². The Balaban J connectivity index is 0.979. The summed E-state index contributed by atoms with van der Waals surface area (Å²) in [6, 6.07) is 14.2. The van der Waals surface area contributed by atoms with Crippen molar-refractivity contribution in [3.8, 4) is 22.6 Å². The first-order chi connectivity index (χ1) is 26.0. The Morgan fingerprint density at radius 2 is 1.69 bits per heavy atom. The van der Waals surface area contributed by atoms with Crippen molar-refractivity contribution in [3.63, 3.8) is 0 Å². The number of hydrogen-bond acceptors (Lipinski definition) is 9. The monoisotopic (exact) mass is 735 g/mol. The molecule has 14 nitrogen and oxygen atoms in total. The zero-order chi connectivity index (χ0) is 38.4. The Morgan fingerprint density at radius 3 is 2.44 bits per heavy atom. The molecule has 0 unspecified atom stereocenters. The van der Waals surface area contributed by atoms with E-state index < -0.39 is 5.97 Å². The van der Waals surface area contributed by atoms with Crippen molar-refractivity contribution in [2.75, 3.05) is 37.5 Å². The Hall–Kier alpha value is -6.15. The normalized spacial score (nSPS) is 14.4. The molecule has 0 spiro atoms. The largest absolute Gasteiger partial charge is 0.493 e. The van der Waals surface area contributed by atoms with Gasteiger partial charge in [-0.25, -0.2) is 4.79 Å². The molecule has 0 fully saturated rings. The van der Waals surface area contributed by atoms with E-state index in [0.29, 0.717) is 64.5 Å². The van der Waals surface area contributed by atoms with Gasteiger partial charge in [0.25, 0.3) is 11.8 Å². The summed E-state index contributed by atoms with van der Waals surface area (Å²) in [6.07, 6.45) is 10.3. The van der Waals surface area contributed by atoms with Crippen LogP contribution in [0.2, 0.25) is 0 Å². The van der Waals surface area contributed by atoms with Gasteiger partial charge in [0, 0.05) is 75.2 Å². The van der Waals surface area contributed by atoms with Gasteiger partial charge >= 0.3 is 5.97 Å². The Morgan fingerprint density at radius 1 is 0.907 bits per heavy atom. The number of aliphatic imine (C=N–C) groups is 1. The lowest BCUT2D eigenvalue weighted by atomic mass is 10.1. The lowest BCUT2D eigenvalue weighted by Gasteiger charge is -2.19. The number of carbonyl (C=O) groups is 4. The van der Waals surface area contributed by atoms with Crippen molar-refractivity contribution < 1.29 is 33.4 Å². The fourth-order valence-electron chi connectivity index (χ4n) is 6.22. The highest BCUT2D eigenvalue weighted by Gasteiger charge is 2.30. The molecule has 0 bridgehead atoms. The standard InChI is InChI=1S/C40H45N7O7/c1-25(2)41-14-17-54-40(51)34-18-27(23-45(34)3)26-10-12-28(13-11-26)44-38(49)33-19-29(24-46(33)4)43-37(48)9-7-16-53-36-21-32-31(20-35(36)52-5)39(50)47-15-6-8-30(47)22-42-32/h6,10-13,15,18-25,30,41H,7-9,14,16-17H2,1-5H3,(H,43,48)(H,44,49)/t30-/m1/s1. The van der Waals surface area contributed by atoms with E-state index in [2.05, 4.69) is 20.9 Å². The van der Waals surface area contributed by atoms with Crippen molar-refractivity contribution in [2.24, 2.45) is 19.1 Å². The molecule has 6 rings (SSSR count). The summed E-state index contributed by atoms with van der Waals surface area (Å²) in [4.78, 5) is 57.8. The number of rotatable bonds is 15. The Labute approximate surface area is 313 Å². The number of benzene rings is 2. The lowest BCUT2D eigenvalue weighted by molar-refractivity contribution is -0.116. The third-order valence-electron chi connectivity index (χ3n) is 9.04. The SMILES string of the molecule is COc1cc2c(cc1OCCCC(=O)Nc1cc(C(=O)Nc3ccc(-c4cc(C(=O)OCCNC(C)C)n(C)c4)cc3)n(C)c1)N=C[C@H]1CC=CN1C2=O. The van der Waals surface area contributed by atoms with Gasteiger partial charge in [-0.1, -0.05) is 32.1 Å². The zero-order valence-electron chi connectivity index (χ0n) is 31.0.